The normalized spacial score (nSPS) is 15.9. The van der Waals surface area contributed by atoms with E-state index in [1.165, 1.54) is 5.57 Å². The van der Waals surface area contributed by atoms with Crippen molar-refractivity contribution < 1.29 is 0 Å². The topological polar surface area (TPSA) is 0 Å². The third-order valence-corrected chi connectivity index (χ3v) is 1.04. The van der Waals surface area contributed by atoms with Crippen LogP contribution in [0, 0.1) is 11.8 Å². The van der Waals surface area contributed by atoms with Crippen molar-refractivity contribution in [1.29, 1.82) is 0 Å². The van der Waals surface area contributed by atoms with Gasteiger partial charge >= 0.3 is 0 Å². The zero-order chi connectivity index (χ0) is 5.82. The van der Waals surface area contributed by atoms with Gasteiger partial charge in [-0.3, -0.25) is 0 Å². The predicted octanol–water partition coefficient (Wildman–Crippen LogP) is 1.90. The first-order valence-electron chi connectivity index (χ1n) is 2.71. The molecule has 0 aromatic heterocycles. The van der Waals surface area contributed by atoms with E-state index < -0.39 is 0 Å². The van der Waals surface area contributed by atoms with Crippen molar-refractivity contribution in [1.82, 2.24) is 0 Å². The zero-order valence-electron chi connectivity index (χ0n) is 4.94. The number of hydrogen-bond donors (Lipinski definition) is 0. The molecule has 0 radical (unpaired) electrons. The zero-order valence-corrected chi connectivity index (χ0v) is 4.94. The van der Waals surface area contributed by atoms with Crippen molar-refractivity contribution in [3.8, 4) is 11.8 Å². The van der Waals surface area contributed by atoms with Crippen LogP contribution in [0.3, 0.4) is 0 Å². The maximum Gasteiger partial charge on any atom is -0.0123 e. The van der Waals surface area contributed by atoms with E-state index in [4.69, 9.17) is 0 Å². The van der Waals surface area contributed by atoms with Crippen LogP contribution in [-0.2, 0) is 0 Å². The minimum Gasteiger partial charge on any atom is -0.0721 e. The van der Waals surface area contributed by atoms with E-state index in [1.54, 1.807) is 0 Å². The van der Waals surface area contributed by atoms with Crippen LogP contribution in [0.1, 0.15) is 13.3 Å². The third-order valence-electron chi connectivity index (χ3n) is 1.04. The van der Waals surface area contributed by atoms with Crippen LogP contribution in [0.4, 0.5) is 0 Å². The van der Waals surface area contributed by atoms with E-state index in [-0.39, 0.29) is 0 Å². The van der Waals surface area contributed by atoms with Gasteiger partial charge < -0.3 is 0 Å². The van der Waals surface area contributed by atoms with Gasteiger partial charge in [-0.2, -0.15) is 0 Å². The number of hydrogen-bond acceptors (Lipinski definition) is 0. The summed E-state index contributed by atoms with van der Waals surface area (Å²) in [5.74, 6) is 5.77. The van der Waals surface area contributed by atoms with Crippen molar-refractivity contribution in [2.75, 3.05) is 0 Å². The van der Waals surface area contributed by atoms with E-state index >= 15 is 0 Å². The van der Waals surface area contributed by atoms with Crippen molar-refractivity contribution >= 4 is 0 Å². The molecule has 0 spiro atoms. The van der Waals surface area contributed by atoms with Crippen molar-refractivity contribution in [3.63, 3.8) is 0 Å². The van der Waals surface area contributed by atoms with Gasteiger partial charge in [-0.15, -0.1) is 0 Å². The molecule has 40 valence electrons. The Morgan fingerprint density at radius 1 is 1.50 bits per heavy atom. The molecular weight excluding hydrogens is 96.1 g/mol. The van der Waals surface area contributed by atoms with E-state index in [9.17, 15) is 0 Å². The van der Waals surface area contributed by atoms with Gasteiger partial charge in [0, 0.05) is 0 Å². The molecule has 0 aromatic carbocycles. The largest absolute Gasteiger partial charge is 0.0721 e. The molecule has 0 fully saturated rings. The molecule has 0 heteroatoms. The summed E-state index contributed by atoms with van der Waals surface area (Å²) in [5.41, 5.74) is 1.34. The number of rotatable bonds is 0. The Bertz CT molecular complexity index is 184. The highest BCUT2D eigenvalue weighted by Gasteiger charge is 1.82. The minimum atomic E-state index is 1.04. The molecule has 1 aliphatic rings. The van der Waals surface area contributed by atoms with Crippen LogP contribution in [0.5, 0.6) is 0 Å². The van der Waals surface area contributed by atoms with Gasteiger partial charge in [0.05, 0.1) is 0 Å². The molecule has 8 heavy (non-hydrogen) atoms. The van der Waals surface area contributed by atoms with Gasteiger partial charge in [0.15, 0.2) is 0 Å². The highest BCUT2D eigenvalue weighted by molar-refractivity contribution is 5.30. The lowest BCUT2D eigenvalue weighted by Crippen LogP contribution is -1.67. The first kappa shape index (κ1) is 5.18. The Kier molecular flexibility index (Phi) is 1.54. The number of allylic oxidation sites excluding steroid dienone is 4. The second kappa shape index (κ2) is 2.37. The molecule has 1 aliphatic carbocycles. The molecule has 0 heterocycles. The van der Waals surface area contributed by atoms with Crippen molar-refractivity contribution in [2.24, 2.45) is 0 Å². The molecule has 1 rings (SSSR count). The second-order valence-corrected chi connectivity index (χ2v) is 1.89. The van der Waals surface area contributed by atoms with E-state index in [0.29, 0.717) is 0 Å². The van der Waals surface area contributed by atoms with Crippen LogP contribution < -0.4 is 0 Å². The molecule has 0 N–H and O–H groups in total. The van der Waals surface area contributed by atoms with Crippen LogP contribution >= 0.6 is 0 Å². The summed E-state index contributed by atoms with van der Waals surface area (Å²) in [7, 11) is 0. The quantitative estimate of drug-likeness (QED) is 0.412. The smallest absolute Gasteiger partial charge is 0.0123 e. The lowest BCUT2D eigenvalue weighted by Gasteiger charge is -1.85. The standard InChI is InChI=1S/C8H8/c1-8-6-4-2-3-5-7-8/h2,4,7H,6H2,1H3. The summed E-state index contributed by atoms with van der Waals surface area (Å²) >= 11 is 0. The Balaban J connectivity index is 2.76. The molecule has 0 amide bonds. The maximum atomic E-state index is 2.90. The summed E-state index contributed by atoms with van der Waals surface area (Å²) in [5, 5.41) is 0. The van der Waals surface area contributed by atoms with E-state index in [2.05, 4.69) is 24.8 Å². The average Bonchev–Trinajstić information content (AvgIpc) is 1.94. The minimum absolute atomic E-state index is 1.04. The molecule has 0 bridgehead atoms. The Labute approximate surface area is 49.9 Å². The van der Waals surface area contributed by atoms with Gasteiger partial charge in [0.1, 0.15) is 0 Å². The van der Waals surface area contributed by atoms with Gasteiger partial charge in [-0.1, -0.05) is 23.5 Å². The second-order valence-electron chi connectivity index (χ2n) is 1.89. The lowest BCUT2D eigenvalue weighted by molar-refractivity contribution is 1.22. The predicted molar refractivity (Wildman–Crippen MR) is 35.3 cm³/mol. The molecule has 0 atom stereocenters. The third kappa shape index (κ3) is 1.27. The summed E-state index contributed by atoms with van der Waals surface area (Å²) in [4.78, 5) is 0. The van der Waals surface area contributed by atoms with Crippen molar-refractivity contribution in [3.05, 3.63) is 23.8 Å². The first-order valence-corrected chi connectivity index (χ1v) is 2.71. The molecule has 0 unspecified atom stereocenters. The Morgan fingerprint density at radius 3 is 3.25 bits per heavy atom. The summed E-state index contributed by atoms with van der Waals surface area (Å²) in [6.07, 6.45) is 6.97. The van der Waals surface area contributed by atoms with Gasteiger partial charge in [0.25, 0.3) is 0 Å². The van der Waals surface area contributed by atoms with E-state index in [0.717, 1.165) is 6.42 Å². The summed E-state index contributed by atoms with van der Waals surface area (Å²) in [6, 6.07) is 0. The average molecular weight is 104 g/mol. The maximum absolute atomic E-state index is 2.90. The molecule has 0 nitrogen and oxygen atoms in total. The lowest BCUT2D eigenvalue weighted by atomic mass is 10.2. The molecule has 0 aliphatic heterocycles. The summed E-state index contributed by atoms with van der Waals surface area (Å²) in [6.45, 7) is 2.09. The SMILES string of the molecule is CC1=CC#CC=CC1. The molecule has 0 saturated heterocycles. The molecular formula is C8H8. The van der Waals surface area contributed by atoms with Crippen LogP contribution in [0.25, 0.3) is 0 Å². The van der Waals surface area contributed by atoms with Gasteiger partial charge in [0.2, 0.25) is 0 Å². The van der Waals surface area contributed by atoms with Crippen LogP contribution in [0.2, 0.25) is 0 Å². The van der Waals surface area contributed by atoms with Crippen LogP contribution in [0.15, 0.2) is 23.8 Å². The van der Waals surface area contributed by atoms with Gasteiger partial charge in [-0.25, -0.2) is 0 Å². The Hall–Kier alpha value is -0.960. The Morgan fingerprint density at radius 2 is 2.38 bits per heavy atom. The first-order chi connectivity index (χ1) is 3.89. The highest BCUT2D eigenvalue weighted by atomic mass is 13.9. The molecule has 0 saturated carbocycles. The summed E-state index contributed by atoms with van der Waals surface area (Å²) < 4.78 is 0. The van der Waals surface area contributed by atoms with E-state index in [1.807, 2.05) is 12.2 Å². The van der Waals surface area contributed by atoms with Gasteiger partial charge in [-0.05, 0) is 25.5 Å². The fourth-order valence-corrected chi connectivity index (χ4v) is 0.576. The fraction of sp³-hybridized carbons (Fsp3) is 0.250. The van der Waals surface area contributed by atoms with Crippen LogP contribution in [-0.4, -0.2) is 0 Å². The monoisotopic (exact) mass is 104 g/mol. The highest BCUT2D eigenvalue weighted by Crippen LogP contribution is 2.00. The molecule has 0 aromatic rings. The fourth-order valence-electron chi connectivity index (χ4n) is 0.576. The van der Waals surface area contributed by atoms with Crippen molar-refractivity contribution in [2.45, 2.75) is 13.3 Å².